The van der Waals surface area contributed by atoms with Gasteiger partial charge in [0.05, 0.1) is 0 Å². The maximum absolute atomic E-state index is 11.9. The fourth-order valence-electron chi connectivity index (χ4n) is 1.39. The normalized spacial score (nSPS) is 9.30. The molecule has 2 rings (SSSR count). The molecule has 0 atom stereocenters. The van der Waals surface area contributed by atoms with Gasteiger partial charge in [0.25, 0.3) is 0 Å². The SMILES string of the molecule is NC(=O)CCl.O=C(c1ccccc1)c1cccc(Cl)c1. The van der Waals surface area contributed by atoms with E-state index in [1.165, 1.54) is 0 Å². The monoisotopic (exact) mass is 309 g/mol. The lowest BCUT2D eigenvalue weighted by atomic mass is 10.0. The van der Waals surface area contributed by atoms with Crippen LogP contribution >= 0.6 is 23.2 Å². The number of carbonyl (C=O) groups is 2. The van der Waals surface area contributed by atoms with Crippen LogP contribution in [0.15, 0.2) is 54.6 Å². The Labute approximate surface area is 127 Å². The Morgan fingerprint density at radius 2 is 1.50 bits per heavy atom. The lowest BCUT2D eigenvalue weighted by Crippen LogP contribution is -2.10. The first-order valence-electron chi connectivity index (χ1n) is 5.74. The molecule has 0 radical (unpaired) electrons. The standard InChI is InChI=1S/C13H9ClO.C2H4ClNO/c14-12-8-4-7-11(9-12)13(15)10-5-2-1-3-6-10;3-1-2(4)5/h1-9H;1H2,(H2,4,5). The Kier molecular flexibility index (Phi) is 6.77. The van der Waals surface area contributed by atoms with Crippen molar-refractivity contribution in [3.8, 4) is 0 Å². The minimum Gasteiger partial charge on any atom is -0.369 e. The average molecular weight is 310 g/mol. The van der Waals surface area contributed by atoms with Gasteiger partial charge in [-0.2, -0.15) is 0 Å². The summed E-state index contributed by atoms with van der Waals surface area (Å²) in [5.41, 5.74) is 5.82. The maximum atomic E-state index is 11.9. The highest BCUT2D eigenvalue weighted by Crippen LogP contribution is 2.14. The van der Waals surface area contributed by atoms with Crippen molar-refractivity contribution in [3.05, 3.63) is 70.7 Å². The first kappa shape index (κ1) is 16.2. The molecule has 0 fully saturated rings. The van der Waals surface area contributed by atoms with Gasteiger partial charge in [0.1, 0.15) is 5.88 Å². The number of hydrogen-bond acceptors (Lipinski definition) is 2. The summed E-state index contributed by atoms with van der Waals surface area (Å²) in [7, 11) is 0. The van der Waals surface area contributed by atoms with Crippen LogP contribution in [-0.4, -0.2) is 17.6 Å². The molecule has 0 aliphatic heterocycles. The predicted molar refractivity (Wildman–Crippen MR) is 81.2 cm³/mol. The van der Waals surface area contributed by atoms with E-state index in [0.717, 1.165) is 0 Å². The molecular weight excluding hydrogens is 297 g/mol. The first-order chi connectivity index (χ1) is 9.54. The van der Waals surface area contributed by atoms with E-state index in [2.05, 4.69) is 5.73 Å². The van der Waals surface area contributed by atoms with Crippen LogP contribution in [0, 0.1) is 0 Å². The summed E-state index contributed by atoms with van der Waals surface area (Å²) in [4.78, 5) is 21.4. The topological polar surface area (TPSA) is 60.2 Å². The molecule has 0 aliphatic carbocycles. The Morgan fingerprint density at radius 1 is 0.950 bits per heavy atom. The van der Waals surface area contributed by atoms with Crippen LogP contribution in [-0.2, 0) is 4.79 Å². The molecule has 0 saturated heterocycles. The number of halogens is 2. The third-order valence-corrected chi connectivity index (χ3v) is 2.75. The van der Waals surface area contributed by atoms with Crippen LogP contribution in [0.3, 0.4) is 0 Å². The lowest BCUT2D eigenvalue weighted by Gasteiger charge is -2.00. The van der Waals surface area contributed by atoms with Crippen molar-refractivity contribution >= 4 is 34.9 Å². The minimum absolute atomic E-state index is 0.00176. The van der Waals surface area contributed by atoms with Crippen LogP contribution in [0.5, 0.6) is 0 Å². The highest BCUT2D eigenvalue weighted by Gasteiger charge is 2.07. The lowest BCUT2D eigenvalue weighted by molar-refractivity contribution is -0.115. The molecular formula is C15H13Cl2NO2. The van der Waals surface area contributed by atoms with Gasteiger partial charge in [0, 0.05) is 16.1 Å². The van der Waals surface area contributed by atoms with E-state index >= 15 is 0 Å². The van der Waals surface area contributed by atoms with Gasteiger partial charge in [-0.1, -0.05) is 54.1 Å². The van der Waals surface area contributed by atoms with Crippen LogP contribution in [0.4, 0.5) is 0 Å². The maximum Gasteiger partial charge on any atom is 0.232 e. The van der Waals surface area contributed by atoms with Crippen molar-refractivity contribution in [1.29, 1.82) is 0 Å². The van der Waals surface area contributed by atoms with Gasteiger partial charge in [-0.15, -0.1) is 11.6 Å². The summed E-state index contributed by atoms with van der Waals surface area (Å²) in [5, 5.41) is 0.580. The summed E-state index contributed by atoms with van der Waals surface area (Å²) in [5.74, 6) is -0.565. The van der Waals surface area contributed by atoms with Gasteiger partial charge >= 0.3 is 0 Å². The summed E-state index contributed by atoms with van der Waals surface area (Å²) < 4.78 is 0. The second-order valence-corrected chi connectivity index (χ2v) is 4.51. The summed E-state index contributed by atoms with van der Waals surface area (Å²) in [6.45, 7) is 0. The molecule has 1 amide bonds. The average Bonchev–Trinajstić information content (AvgIpc) is 2.48. The van der Waals surface area contributed by atoms with Crippen LogP contribution in [0.25, 0.3) is 0 Å². The van der Waals surface area contributed by atoms with Gasteiger partial charge in [-0.05, 0) is 12.1 Å². The smallest absolute Gasteiger partial charge is 0.232 e. The highest BCUT2D eigenvalue weighted by molar-refractivity contribution is 6.31. The van der Waals surface area contributed by atoms with Crippen molar-refractivity contribution in [2.75, 3.05) is 5.88 Å². The molecule has 0 heterocycles. The van der Waals surface area contributed by atoms with Crippen molar-refractivity contribution in [2.45, 2.75) is 0 Å². The Bertz CT molecular complexity index is 585. The molecule has 0 spiro atoms. The van der Waals surface area contributed by atoms with E-state index in [1.54, 1.807) is 36.4 Å². The van der Waals surface area contributed by atoms with Crippen molar-refractivity contribution < 1.29 is 9.59 Å². The van der Waals surface area contributed by atoms with Gasteiger partial charge in [-0.25, -0.2) is 0 Å². The number of hydrogen-bond donors (Lipinski definition) is 1. The van der Waals surface area contributed by atoms with Gasteiger partial charge in [-0.3, -0.25) is 9.59 Å². The quantitative estimate of drug-likeness (QED) is 0.698. The van der Waals surface area contributed by atoms with Crippen LogP contribution in [0.1, 0.15) is 15.9 Å². The molecule has 0 aromatic heterocycles. The van der Waals surface area contributed by atoms with Crippen LogP contribution < -0.4 is 5.73 Å². The third kappa shape index (κ3) is 5.43. The zero-order valence-electron chi connectivity index (χ0n) is 10.6. The van der Waals surface area contributed by atoms with E-state index in [0.29, 0.717) is 16.1 Å². The van der Waals surface area contributed by atoms with E-state index in [1.807, 2.05) is 18.2 Å². The fourth-order valence-corrected chi connectivity index (χ4v) is 1.58. The molecule has 0 saturated carbocycles. The summed E-state index contributed by atoms with van der Waals surface area (Å²) in [6, 6.07) is 16.1. The van der Waals surface area contributed by atoms with Gasteiger partial charge in [0.2, 0.25) is 5.91 Å². The Balaban J connectivity index is 0.000000347. The molecule has 104 valence electrons. The molecule has 2 aromatic carbocycles. The largest absolute Gasteiger partial charge is 0.369 e. The number of primary amides is 1. The second kappa shape index (κ2) is 8.35. The minimum atomic E-state index is -0.480. The molecule has 5 heteroatoms. The predicted octanol–water partition coefficient (Wildman–Crippen LogP) is 3.28. The third-order valence-electron chi connectivity index (χ3n) is 2.25. The van der Waals surface area contributed by atoms with Crippen molar-refractivity contribution in [2.24, 2.45) is 5.73 Å². The highest BCUT2D eigenvalue weighted by atomic mass is 35.5. The number of ketones is 1. The zero-order valence-corrected chi connectivity index (χ0v) is 12.1. The van der Waals surface area contributed by atoms with Crippen LogP contribution in [0.2, 0.25) is 5.02 Å². The van der Waals surface area contributed by atoms with E-state index in [4.69, 9.17) is 23.2 Å². The number of alkyl halides is 1. The number of rotatable bonds is 3. The summed E-state index contributed by atoms with van der Waals surface area (Å²) >= 11 is 10.7. The second-order valence-electron chi connectivity index (χ2n) is 3.81. The Hall–Kier alpha value is -1.84. The number of nitrogens with two attached hydrogens (primary N) is 1. The molecule has 2 N–H and O–H groups in total. The molecule has 20 heavy (non-hydrogen) atoms. The fraction of sp³-hybridized carbons (Fsp3) is 0.0667. The van der Waals surface area contributed by atoms with Crippen molar-refractivity contribution in [1.82, 2.24) is 0 Å². The van der Waals surface area contributed by atoms with E-state index < -0.39 is 5.91 Å². The zero-order chi connectivity index (χ0) is 15.0. The molecule has 0 bridgehead atoms. The number of carbonyl (C=O) groups excluding carboxylic acids is 2. The Morgan fingerprint density at radius 3 is 2.00 bits per heavy atom. The molecule has 0 unspecified atom stereocenters. The van der Waals surface area contributed by atoms with Gasteiger partial charge in [0.15, 0.2) is 5.78 Å². The number of amides is 1. The van der Waals surface area contributed by atoms with E-state index in [-0.39, 0.29) is 11.7 Å². The molecule has 3 nitrogen and oxygen atoms in total. The van der Waals surface area contributed by atoms with Gasteiger partial charge < -0.3 is 5.73 Å². The number of benzene rings is 2. The van der Waals surface area contributed by atoms with Crippen molar-refractivity contribution in [3.63, 3.8) is 0 Å². The molecule has 2 aromatic rings. The first-order valence-corrected chi connectivity index (χ1v) is 6.65. The molecule has 0 aliphatic rings. The summed E-state index contributed by atoms with van der Waals surface area (Å²) in [6.07, 6.45) is 0. The van der Waals surface area contributed by atoms with E-state index in [9.17, 15) is 9.59 Å².